The average Bonchev–Trinajstić information content (AvgIpc) is 2.84. The van der Waals surface area contributed by atoms with E-state index < -0.39 is 5.97 Å². The highest BCUT2D eigenvalue weighted by Gasteiger charge is 2.26. The van der Waals surface area contributed by atoms with Crippen molar-refractivity contribution >= 4 is 23.5 Å². The van der Waals surface area contributed by atoms with Gasteiger partial charge in [0.05, 0.1) is 0 Å². The van der Waals surface area contributed by atoms with Crippen LogP contribution in [-0.2, 0) is 0 Å². The molecule has 4 nitrogen and oxygen atoms in total. The summed E-state index contributed by atoms with van der Waals surface area (Å²) in [5.41, 5.74) is 0.297. The van der Waals surface area contributed by atoms with Gasteiger partial charge in [-0.3, -0.25) is 0 Å². The maximum Gasteiger partial charge on any atom is 0.339 e. The number of thioether (sulfide) groups is 1. The van der Waals surface area contributed by atoms with Gasteiger partial charge in [-0.2, -0.15) is 11.8 Å². The fourth-order valence-corrected chi connectivity index (χ4v) is 3.37. The number of anilines is 1. The molecule has 1 fully saturated rings. The molecule has 0 amide bonds. The Morgan fingerprint density at radius 2 is 2.53 bits per heavy atom. The summed E-state index contributed by atoms with van der Waals surface area (Å²) in [5.74, 6) is 1.91. The van der Waals surface area contributed by atoms with Crippen LogP contribution in [0.15, 0.2) is 18.3 Å². The average molecular weight is 252 g/mol. The Balaban J connectivity index is 2.32. The summed E-state index contributed by atoms with van der Waals surface area (Å²) in [4.78, 5) is 17.6. The fraction of sp³-hybridized carbons (Fsp3) is 0.500. The van der Waals surface area contributed by atoms with Crippen molar-refractivity contribution in [3.63, 3.8) is 0 Å². The Morgan fingerprint density at radius 1 is 1.71 bits per heavy atom. The summed E-state index contributed by atoms with van der Waals surface area (Å²) < 4.78 is 0. The van der Waals surface area contributed by atoms with E-state index in [2.05, 4.69) is 9.88 Å². The van der Waals surface area contributed by atoms with E-state index in [1.54, 1.807) is 18.3 Å². The van der Waals surface area contributed by atoms with Crippen LogP contribution in [0.2, 0.25) is 0 Å². The van der Waals surface area contributed by atoms with Gasteiger partial charge in [0.25, 0.3) is 0 Å². The van der Waals surface area contributed by atoms with Gasteiger partial charge in [0.15, 0.2) is 0 Å². The summed E-state index contributed by atoms with van der Waals surface area (Å²) in [6.45, 7) is 2.84. The third-order valence-corrected chi connectivity index (χ3v) is 4.12. The van der Waals surface area contributed by atoms with Crippen LogP contribution < -0.4 is 4.90 Å². The number of rotatable bonds is 4. The van der Waals surface area contributed by atoms with Crippen LogP contribution in [0.3, 0.4) is 0 Å². The van der Waals surface area contributed by atoms with Gasteiger partial charge in [0.2, 0.25) is 0 Å². The Morgan fingerprint density at radius 3 is 3.12 bits per heavy atom. The Kier molecular flexibility index (Phi) is 3.89. The minimum Gasteiger partial charge on any atom is -0.478 e. The number of carbonyl (C=O) groups is 1. The molecule has 92 valence electrons. The number of pyridine rings is 1. The summed E-state index contributed by atoms with van der Waals surface area (Å²) in [7, 11) is 0. The first-order valence-electron chi connectivity index (χ1n) is 5.76. The number of hydrogen-bond acceptors (Lipinski definition) is 4. The van der Waals surface area contributed by atoms with Crippen molar-refractivity contribution in [1.29, 1.82) is 0 Å². The van der Waals surface area contributed by atoms with Crippen LogP contribution in [0.4, 0.5) is 5.82 Å². The van der Waals surface area contributed by atoms with Gasteiger partial charge in [-0.05, 0) is 31.2 Å². The highest BCUT2D eigenvalue weighted by atomic mass is 32.2. The second-order valence-corrected chi connectivity index (χ2v) is 5.13. The van der Waals surface area contributed by atoms with E-state index in [1.165, 1.54) is 0 Å². The van der Waals surface area contributed by atoms with Crippen molar-refractivity contribution < 1.29 is 9.90 Å². The molecule has 2 heterocycles. The maximum atomic E-state index is 11.2. The van der Waals surface area contributed by atoms with Gasteiger partial charge in [0, 0.05) is 24.5 Å². The molecule has 0 bridgehead atoms. The van der Waals surface area contributed by atoms with Crippen LogP contribution in [-0.4, -0.2) is 40.2 Å². The molecule has 2 rings (SSSR count). The molecule has 5 heteroatoms. The molecule has 0 radical (unpaired) electrons. The zero-order chi connectivity index (χ0) is 12.3. The third kappa shape index (κ3) is 2.54. The molecule has 1 aromatic rings. The van der Waals surface area contributed by atoms with Gasteiger partial charge in [0.1, 0.15) is 11.4 Å². The molecule has 1 aliphatic heterocycles. The zero-order valence-corrected chi connectivity index (χ0v) is 10.6. The predicted octanol–water partition coefficient (Wildman–Crippen LogP) is 2.11. The Hall–Kier alpha value is -1.23. The summed E-state index contributed by atoms with van der Waals surface area (Å²) in [6.07, 6.45) is 2.76. The topological polar surface area (TPSA) is 53.4 Å². The van der Waals surface area contributed by atoms with E-state index in [0.29, 0.717) is 17.4 Å². The van der Waals surface area contributed by atoms with Crippen molar-refractivity contribution in [2.75, 3.05) is 23.0 Å². The largest absolute Gasteiger partial charge is 0.478 e. The molecule has 1 atom stereocenters. The van der Waals surface area contributed by atoms with Crippen LogP contribution in [0.25, 0.3) is 0 Å². The molecule has 1 saturated heterocycles. The van der Waals surface area contributed by atoms with Crippen LogP contribution >= 0.6 is 11.8 Å². The zero-order valence-electron chi connectivity index (χ0n) is 9.80. The van der Waals surface area contributed by atoms with E-state index in [4.69, 9.17) is 0 Å². The molecule has 0 aromatic carbocycles. The number of carboxylic acid groups (broad SMARTS) is 1. The summed E-state index contributed by atoms with van der Waals surface area (Å²) in [5, 5.41) is 9.18. The second-order valence-electron chi connectivity index (χ2n) is 3.98. The SMILES string of the molecule is CCN(c1ncccc1C(=O)O)[C@H]1CCSC1. The standard InChI is InChI=1S/C12H16N2O2S/c1-2-14(9-5-7-17-8-9)11-10(12(15)16)4-3-6-13-11/h3-4,6,9H,2,5,7-8H2,1H3,(H,15,16)/t9-/m0/s1. The maximum absolute atomic E-state index is 11.2. The number of hydrogen-bond donors (Lipinski definition) is 1. The van der Waals surface area contributed by atoms with E-state index in [9.17, 15) is 9.90 Å². The van der Waals surface area contributed by atoms with Crippen LogP contribution in [0, 0.1) is 0 Å². The minimum absolute atomic E-state index is 0.297. The number of aromatic nitrogens is 1. The lowest BCUT2D eigenvalue weighted by Gasteiger charge is -2.29. The fourth-order valence-electron chi connectivity index (χ4n) is 2.14. The first-order chi connectivity index (χ1) is 8.24. The lowest BCUT2D eigenvalue weighted by atomic mass is 10.1. The Bertz CT molecular complexity index is 405. The van der Waals surface area contributed by atoms with Crippen molar-refractivity contribution in [1.82, 2.24) is 4.98 Å². The molecular formula is C12H16N2O2S. The Labute approximate surface area is 105 Å². The first kappa shape index (κ1) is 12.2. The molecule has 0 saturated carbocycles. The summed E-state index contributed by atoms with van der Waals surface area (Å²) in [6, 6.07) is 3.71. The van der Waals surface area contributed by atoms with Gasteiger partial charge >= 0.3 is 5.97 Å². The van der Waals surface area contributed by atoms with Gasteiger partial charge < -0.3 is 10.0 Å². The van der Waals surface area contributed by atoms with Crippen LogP contribution in [0.5, 0.6) is 0 Å². The summed E-state index contributed by atoms with van der Waals surface area (Å²) >= 11 is 1.92. The highest BCUT2D eigenvalue weighted by Crippen LogP contribution is 2.27. The number of aromatic carboxylic acids is 1. The second kappa shape index (κ2) is 5.40. The number of carboxylic acids is 1. The minimum atomic E-state index is -0.905. The molecule has 1 aliphatic rings. The highest BCUT2D eigenvalue weighted by molar-refractivity contribution is 7.99. The first-order valence-corrected chi connectivity index (χ1v) is 6.92. The molecule has 0 unspecified atom stereocenters. The molecule has 1 aromatic heterocycles. The molecule has 0 spiro atoms. The van der Waals surface area contributed by atoms with Crippen molar-refractivity contribution in [3.8, 4) is 0 Å². The monoisotopic (exact) mass is 252 g/mol. The normalized spacial score (nSPS) is 19.2. The lowest BCUT2D eigenvalue weighted by Crippen LogP contribution is -2.36. The smallest absolute Gasteiger partial charge is 0.339 e. The van der Waals surface area contributed by atoms with Crippen molar-refractivity contribution in [3.05, 3.63) is 23.9 Å². The van der Waals surface area contributed by atoms with Crippen LogP contribution in [0.1, 0.15) is 23.7 Å². The quantitative estimate of drug-likeness (QED) is 0.889. The van der Waals surface area contributed by atoms with E-state index in [-0.39, 0.29) is 0 Å². The van der Waals surface area contributed by atoms with E-state index in [0.717, 1.165) is 24.5 Å². The van der Waals surface area contributed by atoms with Gasteiger partial charge in [-0.25, -0.2) is 9.78 Å². The third-order valence-electron chi connectivity index (χ3n) is 2.98. The molecule has 0 aliphatic carbocycles. The van der Waals surface area contributed by atoms with Crippen molar-refractivity contribution in [2.24, 2.45) is 0 Å². The van der Waals surface area contributed by atoms with Gasteiger partial charge in [-0.15, -0.1) is 0 Å². The molecule has 1 N–H and O–H groups in total. The molecular weight excluding hydrogens is 236 g/mol. The van der Waals surface area contributed by atoms with E-state index in [1.807, 2.05) is 18.7 Å². The van der Waals surface area contributed by atoms with Gasteiger partial charge in [-0.1, -0.05) is 0 Å². The molecule has 17 heavy (non-hydrogen) atoms. The number of nitrogens with zero attached hydrogens (tertiary/aromatic N) is 2. The van der Waals surface area contributed by atoms with E-state index >= 15 is 0 Å². The lowest BCUT2D eigenvalue weighted by molar-refractivity contribution is 0.0697. The predicted molar refractivity (Wildman–Crippen MR) is 69.9 cm³/mol. The van der Waals surface area contributed by atoms with Crippen molar-refractivity contribution in [2.45, 2.75) is 19.4 Å².